The molecule has 5 nitrogen and oxygen atoms in total. The van der Waals surface area contributed by atoms with Gasteiger partial charge in [-0.15, -0.1) is 0 Å². The van der Waals surface area contributed by atoms with Crippen molar-refractivity contribution in [2.75, 3.05) is 0 Å². The highest BCUT2D eigenvalue weighted by Gasteiger charge is 2.20. The Morgan fingerprint density at radius 1 is 1.17 bits per heavy atom. The van der Waals surface area contributed by atoms with Crippen LogP contribution in [0.15, 0.2) is 30.5 Å². The van der Waals surface area contributed by atoms with Gasteiger partial charge in [0.05, 0.1) is 5.52 Å². The Kier molecular flexibility index (Phi) is 5.08. The number of fused-ring (bicyclic) bond motifs is 1. The Labute approximate surface area is 136 Å². The summed E-state index contributed by atoms with van der Waals surface area (Å²) in [6, 6.07) is 7.49. The van der Waals surface area contributed by atoms with Crippen LogP contribution in [0.25, 0.3) is 10.9 Å². The second-order valence-electron chi connectivity index (χ2n) is 6.43. The maximum atomic E-state index is 12.4. The highest BCUT2D eigenvalue weighted by atomic mass is 16.6. The Morgan fingerprint density at radius 3 is 2.52 bits per heavy atom. The largest absolute Gasteiger partial charge is 0.461 e. The Morgan fingerprint density at radius 2 is 1.87 bits per heavy atom. The van der Waals surface area contributed by atoms with Crippen molar-refractivity contribution in [3.63, 3.8) is 0 Å². The van der Waals surface area contributed by atoms with Crippen LogP contribution in [-0.2, 0) is 20.9 Å². The van der Waals surface area contributed by atoms with Gasteiger partial charge in [0, 0.05) is 23.6 Å². The normalized spacial score (nSPS) is 11.5. The summed E-state index contributed by atoms with van der Waals surface area (Å²) < 4.78 is 12.2. The maximum absolute atomic E-state index is 12.4. The van der Waals surface area contributed by atoms with Crippen LogP contribution in [0.5, 0.6) is 0 Å². The van der Waals surface area contributed by atoms with Gasteiger partial charge in [0.25, 0.3) is 0 Å². The van der Waals surface area contributed by atoms with E-state index in [-0.39, 0.29) is 12.6 Å². The molecule has 0 aliphatic carbocycles. The molecule has 2 rings (SSSR count). The van der Waals surface area contributed by atoms with Crippen molar-refractivity contribution in [2.45, 2.75) is 52.7 Å². The van der Waals surface area contributed by atoms with Gasteiger partial charge >= 0.3 is 12.1 Å². The molecular weight excluding hydrogens is 294 g/mol. The molecule has 124 valence electrons. The summed E-state index contributed by atoms with van der Waals surface area (Å²) in [5, 5.41) is 0.877. The number of rotatable bonds is 4. The van der Waals surface area contributed by atoms with Gasteiger partial charge in [-0.3, -0.25) is 9.36 Å². The number of benzene rings is 1. The molecule has 23 heavy (non-hydrogen) atoms. The van der Waals surface area contributed by atoms with E-state index in [0.29, 0.717) is 6.42 Å². The van der Waals surface area contributed by atoms with E-state index in [9.17, 15) is 9.59 Å². The fourth-order valence-electron chi connectivity index (χ4n) is 2.26. The van der Waals surface area contributed by atoms with Crippen molar-refractivity contribution in [2.24, 2.45) is 0 Å². The quantitative estimate of drug-likeness (QED) is 0.790. The average molecular weight is 317 g/mol. The molecule has 0 radical (unpaired) electrons. The third-order valence-corrected chi connectivity index (χ3v) is 3.23. The summed E-state index contributed by atoms with van der Waals surface area (Å²) in [5.74, 6) is -0.235. The smallest absolute Gasteiger partial charge is 0.419 e. The molecule has 1 aromatic carbocycles. The molecule has 0 saturated heterocycles. The molecule has 0 spiro atoms. The monoisotopic (exact) mass is 317 g/mol. The van der Waals surface area contributed by atoms with Crippen LogP contribution in [0.2, 0.25) is 0 Å². The lowest BCUT2D eigenvalue weighted by Gasteiger charge is -2.19. The van der Waals surface area contributed by atoms with Crippen LogP contribution in [-0.4, -0.2) is 22.2 Å². The fraction of sp³-hybridized carbons (Fsp3) is 0.444. The van der Waals surface area contributed by atoms with Crippen LogP contribution < -0.4 is 0 Å². The van der Waals surface area contributed by atoms with E-state index in [1.54, 1.807) is 6.20 Å². The minimum absolute atomic E-state index is 0.148. The third kappa shape index (κ3) is 4.34. The zero-order valence-electron chi connectivity index (χ0n) is 14.1. The summed E-state index contributed by atoms with van der Waals surface area (Å²) in [7, 11) is 0. The molecule has 0 unspecified atom stereocenters. The van der Waals surface area contributed by atoms with E-state index in [4.69, 9.17) is 9.47 Å². The molecule has 0 N–H and O–H groups in total. The topological polar surface area (TPSA) is 57.5 Å². The highest BCUT2D eigenvalue weighted by molar-refractivity contribution is 5.92. The number of ether oxygens (including phenoxy) is 2. The minimum Gasteiger partial charge on any atom is -0.461 e. The van der Waals surface area contributed by atoms with Gasteiger partial charge in [-0.25, -0.2) is 4.79 Å². The second-order valence-corrected chi connectivity index (χ2v) is 6.43. The molecule has 1 heterocycles. The lowest BCUT2D eigenvalue weighted by atomic mass is 10.2. The first-order chi connectivity index (χ1) is 10.8. The number of carbonyl (C=O) groups excluding carboxylic acids is 2. The predicted octanol–water partition coefficient (Wildman–Crippen LogP) is 4.27. The van der Waals surface area contributed by atoms with Gasteiger partial charge in [-0.1, -0.05) is 25.1 Å². The van der Waals surface area contributed by atoms with Crippen LogP contribution in [0, 0.1) is 0 Å². The molecule has 0 aliphatic heterocycles. The van der Waals surface area contributed by atoms with Crippen molar-refractivity contribution >= 4 is 23.0 Å². The van der Waals surface area contributed by atoms with Crippen molar-refractivity contribution < 1.29 is 19.1 Å². The van der Waals surface area contributed by atoms with Crippen molar-refractivity contribution in [3.05, 3.63) is 36.0 Å². The Balaban J connectivity index is 2.29. The molecule has 0 atom stereocenters. The second kappa shape index (κ2) is 6.86. The summed E-state index contributed by atoms with van der Waals surface area (Å²) in [4.78, 5) is 23.9. The number of carbonyl (C=O) groups is 2. The predicted molar refractivity (Wildman–Crippen MR) is 88.3 cm³/mol. The van der Waals surface area contributed by atoms with E-state index in [1.807, 2.05) is 52.0 Å². The molecule has 1 aromatic heterocycles. The number of hydrogen-bond acceptors (Lipinski definition) is 4. The first-order valence-corrected chi connectivity index (χ1v) is 7.79. The van der Waals surface area contributed by atoms with Gasteiger partial charge in [0.2, 0.25) is 0 Å². The number of aromatic nitrogens is 1. The van der Waals surface area contributed by atoms with E-state index < -0.39 is 11.7 Å². The number of esters is 1. The van der Waals surface area contributed by atoms with Gasteiger partial charge < -0.3 is 9.47 Å². The molecule has 0 aliphatic rings. The van der Waals surface area contributed by atoms with E-state index in [1.165, 1.54) is 4.57 Å². The van der Waals surface area contributed by atoms with Gasteiger partial charge in [-0.05, 0) is 33.3 Å². The molecule has 0 amide bonds. The number of hydrogen-bond donors (Lipinski definition) is 0. The first kappa shape index (κ1) is 17.1. The minimum atomic E-state index is -0.573. The highest BCUT2D eigenvalue weighted by Crippen LogP contribution is 2.23. The van der Waals surface area contributed by atoms with E-state index in [0.717, 1.165) is 22.9 Å². The third-order valence-electron chi connectivity index (χ3n) is 3.23. The molecule has 5 heteroatoms. The maximum Gasteiger partial charge on any atom is 0.419 e. The van der Waals surface area contributed by atoms with Gasteiger partial charge in [0.1, 0.15) is 12.2 Å². The first-order valence-electron chi connectivity index (χ1n) is 7.79. The Hall–Kier alpha value is -2.30. The number of para-hydroxylation sites is 1. The average Bonchev–Trinajstić information content (AvgIpc) is 2.83. The van der Waals surface area contributed by atoms with Crippen LogP contribution in [0.1, 0.15) is 46.1 Å². The molecule has 0 bridgehead atoms. The van der Waals surface area contributed by atoms with E-state index >= 15 is 0 Å². The summed E-state index contributed by atoms with van der Waals surface area (Å²) in [6.45, 7) is 7.54. The zero-order valence-corrected chi connectivity index (χ0v) is 14.1. The summed E-state index contributed by atoms with van der Waals surface area (Å²) >= 11 is 0. The molecule has 0 saturated carbocycles. The lowest BCUT2D eigenvalue weighted by Crippen LogP contribution is -2.26. The van der Waals surface area contributed by atoms with E-state index in [2.05, 4.69) is 0 Å². The number of nitrogens with zero attached hydrogens (tertiary/aromatic N) is 1. The van der Waals surface area contributed by atoms with Crippen LogP contribution in [0.4, 0.5) is 4.79 Å². The summed E-state index contributed by atoms with van der Waals surface area (Å²) in [6.07, 6.45) is 2.38. The Bertz CT molecular complexity index is 709. The molecule has 2 aromatic rings. The lowest BCUT2D eigenvalue weighted by molar-refractivity contribution is -0.144. The summed E-state index contributed by atoms with van der Waals surface area (Å²) in [5.41, 5.74) is 0.954. The van der Waals surface area contributed by atoms with Crippen molar-refractivity contribution in [1.29, 1.82) is 0 Å². The van der Waals surface area contributed by atoms with Crippen LogP contribution in [0.3, 0.4) is 0 Å². The van der Waals surface area contributed by atoms with Gasteiger partial charge in [-0.2, -0.15) is 0 Å². The fourth-order valence-corrected chi connectivity index (χ4v) is 2.26. The molecular formula is C18H23NO4. The van der Waals surface area contributed by atoms with Crippen LogP contribution >= 0.6 is 0 Å². The van der Waals surface area contributed by atoms with Crippen molar-refractivity contribution in [1.82, 2.24) is 4.57 Å². The zero-order chi connectivity index (χ0) is 17.0. The SMILES string of the molecule is CCCC(=O)OCc1cn(C(=O)OC(C)(C)C)c2ccccc12. The van der Waals surface area contributed by atoms with Crippen molar-refractivity contribution in [3.8, 4) is 0 Å². The molecule has 0 fully saturated rings. The standard InChI is InChI=1S/C18H23NO4/c1-5-8-16(20)22-12-13-11-19(17(21)23-18(2,3)4)15-10-7-6-9-14(13)15/h6-7,9-11H,5,8,12H2,1-4H3. The van der Waals surface area contributed by atoms with Gasteiger partial charge in [0.15, 0.2) is 0 Å².